The van der Waals surface area contributed by atoms with E-state index < -0.39 is 5.51 Å². The molecule has 20 heavy (non-hydrogen) atoms. The van der Waals surface area contributed by atoms with Gasteiger partial charge >= 0.3 is 5.51 Å². The summed E-state index contributed by atoms with van der Waals surface area (Å²) in [6.45, 7) is 0.568. The van der Waals surface area contributed by atoms with Crippen LogP contribution in [0.2, 0.25) is 0 Å². The van der Waals surface area contributed by atoms with Gasteiger partial charge in [-0.25, -0.2) is 0 Å². The third-order valence-electron chi connectivity index (χ3n) is 3.45. The molecule has 1 aliphatic carbocycles. The Balaban J connectivity index is 1.84. The molecule has 2 nitrogen and oxygen atoms in total. The van der Waals surface area contributed by atoms with Crippen molar-refractivity contribution in [2.75, 3.05) is 0 Å². The maximum atomic E-state index is 12.2. The van der Waals surface area contributed by atoms with Gasteiger partial charge in [0.15, 0.2) is 0 Å². The Morgan fingerprint density at radius 3 is 2.40 bits per heavy atom. The lowest BCUT2D eigenvalue weighted by molar-refractivity contribution is -0.0328. The molecule has 0 heterocycles. The van der Waals surface area contributed by atoms with Gasteiger partial charge in [-0.1, -0.05) is 25.0 Å². The number of hydrogen-bond acceptors (Lipinski definition) is 3. The van der Waals surface area contributed by atoms with E-state index in [1.807, 2.05) is 0 Å². The smallest absolute Gasteiger partial charge is 0.392 e. The van der Waals surface area contributed by atoms with Crippen LogP contribution in [0.25, 0.3) is 0 Å². The molecule has 0 bridgehead atoms. The van der Waals surface area contributed by atoms with Crippen molar-refractivity contribution >= 4 is 11.8 Å². The van der Waals surface area contributed by atoms with E-state index in [1.54, 1.807) is 12.1 Å². The fourth-order valence-electron chi connectivity index (χ4n) is 2.41. The normalized spacial score (nSPS) is 23.8. The van der Waals surface area contributed by atoms with Gasteiger partial charge in [-0.05, 0) is 42.3 Å². The van der Waals surface area contributed by atoms with E-state index in [0.717, 1.165) is 31.2 Å². The minimum absolute atomic E-state index is 0.0907. The first-order valence-corrected chi connectivity index (χ1v) is 7.52. The zero-order valence-electron chi connectivity index (χ0n) is 11.0. The van der Waals surface area contributed by atoms with Crippen LogP contribution >= 0.6 is 11.8 Å². The van der Waals surface area contributed by atoms with Gasteiger partial charge in [0, 0.05) is 17.5 Å². The molecule has 1 saturated carbocycles. The number of aliphatic hydroxyl groups is 1. The average molecular weight is 305 g/mol. The largest absolute Gasteiger partial charge is 0.446 e. The highest BCUT2D eigenvalue weighted by Gasteiger charge is 2.29. The van der Waals surface area contributed by atoms with Crippen molar-refractivity contribution in [2.45, 2.75) is 54.8 Å². The van der Waals surface area contributed by atoms with E-state index in [2.05, 4.69) is 5.32 Å². The van der Waals surface area contributed by atoms with Crippen LogP contribution in [0.5, 0.6) is 0 Å². The van der Waals surface area contributed by atoms with Gasteiger partial charge in [0.1, 0.15) is 0 Å². The van der Waals surface area contributed by atoms with Gasteiger partial charge in [-0.3, -0.25) is 0 Å². The molecule has 1 aromatic rings. The molecular weight excluding hydrogens is 287 g/mol. The van der Waals surface area contributed by atoms with Crippen molar-refractivity contribution in [3.05, 3.63) is 29.8 Å². The van der Waals surface area contributed by atoms with Crippen LogP contribution in [0, 0.1) is 0 Å². The summed E-state index contributed by atoms with van der Waals surface area (Å²) in [5.41, 5.74) is -3.32. The second kappa shape index (κ2) is 6.83. The highest BCUT2D eigenvalue weighted by atomic mass is 32.2. The third-order valence-corrected chi connectivity index (χ3v) is 4.19. The van der Waals surface area contributed by atoms with E-state index in [1.165, 1.54) is 12.1 Å². The molecule has 0 radical (unpaired) electrons. The van der Waals surface area contributed by atoms with Crippen LogP contribution in [0.1, 0.15) is 31.2 Å². The highest BCUT2D eigenvalue weighted by Crippen LogP contribution is 2.36. The van der Waals surface area contributed by atoms with Crippen LogP contribution in [0.15, 0.2) is 29.2 Å². The summed E-state index contributed by atoms with van der Waals surface area (Å²) in [7, 11) is 0. The van der Waals surface area contributed by atoms with Gasteiger partial charge in [0.25, 0.3) is 0 Å². The summed E-state index contributed by atoms with van der Waals surface area (Å²) >= 11 is -0.104. The maximum absolute atomic E-state index is 12.2. The van der Waals surface area contributed by atoms with Crippen LogP contribution in [0.4, 0.5) is 13.2 Å². The van der Waals surface area contributed by atoms with E-state index in [-0.39, 0.29) is 28.8 Å². The zero-order chi connectivity index (χ0) is 14.6. The fraction of sp³-hybridized carbons (Fsp3) is 0.571. The lowest BCUT2D eigenvalue weighted by atomic mass is 9.92. The number of nitrogens with one attached hydrogen (secondary N) is 1. The molecule has 6 heteroatoms. The Bertz CT molecular complexity index is 421. The molecule has 112 valence electrons. The number of alkyl halides is 3. The summed E-state index contributed by atoms with van der Waals surface area (Å²) in [6.07, 6.45) is 3.62. The molecule has 0 spiro atoms. The molecule has 0 saturated heterocycles. The fourth-order valence-corrected chi connectivity index (χ4v) is 2.95. The predicted molar refractivity (Wildman–Crippen MR) is 73.5 cm³/mol. The lowest BCUT2D eigenvalue weighted by Crippen LogP contribution is -2.41. The van der Waals surface area contributed by atoms with Gasteiger partial charge in [-0.2, -0.15) is 13.2 Å². The predicted octanol–water partition coefficient (Wildman–Crippen LogP) is 3.69. The van der Waals surface area contributed by atoms with E-state index in [0.29, 0.717) is 6.54 Å². The minimum Gasteiger partial charge on any atom is -0.392 e. The first-order valence-electron chi connectivity index (χ1n) is 6.70. The topological polar surface area (TPSA) is 32.3 Å². The van der Waals surface area contributed by atoms with Gasteiger partial charge in [0.2, 0.25) is 0 Å². The standard InChI is InChI=1S/C14H18F3NOS/c15-14(16,17)20-11-7-5-10(6-8-11)9-18-12-3-1-2-4-13(12)19/h5-8,12-13,18-19H,1-4,9H2/t12-,13+/m1/s1. The molecule has 0 unspecified atom stereocenters. The Labute approximate surface area is 120 Å². The van der Waals surface area contributed by atoms with Crippen molar-refractivity contribution < 1.29 is 18.3 Å². The summed E-state index contributed by atoms with van der Waals surface area (Å²) in [5, 5.41) is 13.1. The molecule has 1 aromatic carbocycles. The summed E-state index contributed by atoms with van der Waals surface area (Å²) in [6, 6.07) is 6.43. The monoisotopic (exact) mass is 305 g/mol. The Kier molecular flexibility index (Phi) is 5.35. The third kappa shape index (κ3) is 5.00. The SMILES string of the molecule is O[C@H]1CCCC[C@H]1NCc1ccc(SC(F)(F)F)cc1. The Morgan fingerprint density at radius 1 is 1.15 bits per heavy atom. The molecule has 0 aromatic heterocycles. The molecule has 1 fully saturated rings. The van der Waals surface area contributed by atoms with Crippen molar-refractivity contribution in [3.63, 3.8) is 0 Å². The highest BCUT2D eigenvalue weighted by molar-refractivity contribution is 8.00. The Morgan fingerprint density at radius 2 is 1.80 bits per heavy atom. The lowest BCUT2D eigenvalue weighted by Gasteiger charge is -2.28. The van der Waals surface area contributed by atoms with E-state index in [4.69, 9.17) is 0 Å². The van der Waals surface area contributed by atoms with E-state index >= 15 is 0 Å². The van der Waals surface area contributed by atoms with Crippen molar-refractivity contribution in [1.82, 2.24) is 5.32 Å². The molecule has 1 aliphatic rings. The Hall–Kier alpha value is -0.720. The molecule has 0 amide bonds. The van der Waals surface area contributed by atoms with Crippen LogP contribution in [-0.4, -0.2) is 22.8 Å². The molecule has 0 aliphatic heterocycles. The van der Waals surface area contributed by atoms with Crippen molar-refractivity contribution in [3.8, 4) is 0 Å². The van der Waals surface area contributed by atoms with Crippen molar-refractivity contribution in [1.29, 1.82) is 0 Å². The minimum atomic E-state index is -4.24. The van der Waals surface area contributed by atoms with Gasteiger partial charge < -0.3 is 10.4 Å². The quantitative estimate of drug-likeness (QED) is 0.832. The molecule has 2 N–H and O–H groups in total. The van der Waals surface area contributed by atoms with Crippen LogP contribution < -0.4 is 5.32 Å². The van der Waals surface area contributed by atoms with Gasteiger partial charge in [0.05, 0.1) is 6.10 Å². The van der Waals surface area contributed by atoms with Crippen LogP contribution in [-0.2, 0) is 6.54 Å². The number of benzene rings is 1. The summed E-state index contributed by atoms with van der Waals surface area (Å²) in [4.78, 5) is 0.193. The van der Waals surface area contributed by atoms with Crippen LogP contribution in [0.3, 0.4) is 0 Å². The number of aliphatic hydroxyl groups excluding tert-OH is 1. The number of hydrogen-bond donors (Lipinski definition) is 2. The number of halogens is 3. The second-order valence-corrected chi connectivity index (χ2v) is 6.17. The number of rotatable bonds is 4. The second-order valence-electron chi connectivity index (χ2n) is 5.03. The molecular formula is C14H18F3NOS. The van der Waals surface area contributed by atoms with E-state index in [9.17, 15) is 18.3 Å². The first-order chi connectivity index (χ1) is 9.44. The summed E-state index contributed by atoms with van der Waals surface area (Å²) < 4.78 is 36.6. The number of thioether (sulfide) groups is 1. The average Bonchev–Trinajstić information content (AvgIpc) is 2.38. The molecule has 2 atom stereocenters. The zero-order valence-corrected chi connectivity index (χ0v) is 11.8. The van der Waals surface area contributed by atoms with Gasteiger partial charge in [-0.15, -0.1) is 0 Å². The summed E-state index contributed by atoms with van der Waals surface area (Å²) in [5.74, 6) is 0. The first kappa shape index (κ1) is 15.7. The maximum Gasteiger partial charge on any atom is 0.446 e. The molecule has 2 rings (SSSR count). The van der Waals surface area contributed by atoms with Crippen molar-refractivity contribution in [2.24, 2.45) is 0 Å².